The number of amides is 2. The van der Waals surface area contributed by atoms with Crippen molar-refractivity contribution in [3.63, 3.8) is 0 Å². The van der Waals surface area contributed by atoms with Gasteiger partial charge in [-0.3, -0.25) is 9.59 Å². The molecule has 0 heterocycles. The van der Waals surface area contributed by atoms with Gasteiger partial charge in [-0.1, -0.05) is 12.1 Å². The zero-order chi connectivity index (χ0) is 15.2. The Hall–Kier alpha value is -2.04. The van der Waals surface area contributed by atoms with Crippen molar-refractivity contribution < 1.29 is 14.3 Å². The topological polar surface area (TPSA) is 58.6 Å². The molecule has 1 saturated carbocycles. The lowest BCUT2D eigenvalue weighted by atomic mass is 10.2. The lowest BCUT2D eigenvalue weighted by molar-refractivity contribution is -0.121. The van der Waals surface area contributed by atoms with Gasteiger partial charge in [0.25, 0.3) is 0 Å². The molecule has 0 atom stereocenters. The second-order valence-electron chi connectivity index (χ2n) is 5.16. The van der Waals surface area contributed by atoms with Crippen LogP contribution >= 0.6 is 0 Å². The fourth-order valence-corrected chi connectivity index (χ4v) is 2.15. The Kier molecular flexibility index (Phi) is 5.20. The summed E-state index contributed by atoms with van der Waals surface area (Å²) >= 11 is 0. The molecule has 2 amide bonds. The Balaban J connectivity index is 2.03. The van der Waals surface area contributed by atoms with Crippen LogP contribution in [0.1, 0.15) is 33.1 Å². The van der Waals surface area contributed by atoms with Crippen molar-refractivity contribution in [3.8, 4) is 5.75 Å². The smallest absolute Gasteiger partial charge is 0.223 e. The van der Waals surface area contributed by atoms with Crippen LogP contribution in [0.15, 0.2) is 24.3 Å². The van der Waals surface area contributed by atoms with E-state index in [0.29, 0.717) is 37.1 Å². The highest BCUT2D eigenvalue weighted by atomic mass is 16.5. The van der Waals surface area contributed by atoms with Gasteiger partial charge in [0, 0.05) is 25.9 Å². The van der Waals surface area contributed by atoms with Crippen LogP contribution in [-0.4, -0.2) is 31.0 Å². The monoisotopic (exact) mass is 290 g/mol. The van der Waals surface area contributed by atoms with Crippen LogP contribution in [0.2, 0.25) is 0 Å². The lowest BCUT2D eigenvalue weighted by Gasteiger charge is -2.23. The van der Waals surface area contributed by atoms with Crippen molar-refractivity contribution in [2.45, 2.75) is 39.2 Å². The maximum absolute atomic E-state index is 11.9. The molecule has 1 aromatic carbocycles. The molecular formula is C16H22N2O3. The average Bonchev–Trinajstić information content (AvgIpc) is 3.24. The minimum absolute atomic E-state index is 0.00218. The molecule has 2 rings (SSSR count). The first-order chi connectivity index (χ1) is 10.1. The average molecular weight is 290 g/mol. The molecule has 0 unspecified atom stereocenters. The first kappa shape index (κ1) is 15.4. The van der Waals surface area contributed by atoms with Gasteiger partial charge in [-0.25, -0.2) is 0 Å². The normalized spacial score (nSPS) is 13.6. The van der Waals surface area contributed by atoms with Crippen molar-refractivity contribution >= 4 is 17.5 Å². The predicted octanol–water partition coefficient (Wildman–Crippen LogP) is 2.11. The largest absolute Gasteiger partial charge is 0.492 e. The number of carbonyl (C=O) groups is 2. The van der Waals surface area contributed by atoms with Crippen LogP contribution in [0.3, 0.4) is 0 Å². The van der Waals surface area contributed by atoms with Crippen molar-refractivity contribution in [1.82, 2.24) is 5.32 Å². The first-order valence-electron chi connectivity index (χ1n) is 7.41. The molecule has 5 heteroatoms. The van der Waals surface area contributed by atoms with E-state index in [1.165, 1.54) is 6.92 Å². The van der Waals surface area contributed by atoms with Gasteiger partial charge in [0.15, 0.2) is 0 Å². The summed E-state index contributed by atoms with van der Waals surface area (Å²) in [4.78, 5) is 25.3. The number of para-hydroxylation sites is 2. The molecular weight excluding hydrogens is 268 g/mol. The predicted molar refractivity (Wildman–Crippen MR) is 81.4 cm³/mol. The molecule has 5 nitrogen and oxygen atoms in total. The summed E-state index contributed by atoms with van der Waals surface area (Å²) in [7, 11) is 0. The Bertz CT molecular complexity index is 512. The summed E-state index contributed by atoms with van der Waals surface area (Å²) < 4.78 is 5.56. The molecule has 114 valence electrons. The third-order valence-electron chi connectivity index (χ3n) is 3.34. The van der Waals surface area contributed by atoms with Gasteiger partial charge < -0.3 is 15.0 Å². The van der Waals surface area contributed by atoms with E-state index in [1.807, 2.05) is 31.2 Å². The SMILES string of the molecule is CCOc1ccccc1N(CCC(=O)NC1CC1)C(C)=O. The second kappa shape index (κ2) is 7.11. The minimum atomic E-state index is -0.0959. The molecule has 0 radical (unpaired) electrons. The van der Waals surface area contributed by atoms with Crippen LogP contribution < -0.4 is 15.0 Å². The van der Waals surface area contributed by atoms with Gasteiger partial charge in [-0.05, 0) is 31.9 Å². The summed E-state index contributed by atoms with van der Waals surface area (Å²) in [6.45, 7) is 4.29. The Morgan fingerprint density at radius 1 is 1.33 bits per heavy atom. The fraction of sp³-hybridized carbons (Fsp3) is 0.500. The number of anilines is 1. The summed E-state index contributed by atoms with van der Waals surface area (Å²) in [5, 5.41) is 2.93. The van der Waals surface area contributed by atoms with E-state index in [2.05, 4.69) is 5.32 Å². The molecule has 1 aliphatic rings. The minimum Gasteiger partial charge on any atom is -0.492 e. The van der Waals surface area contributed by atoms with Gasteiger partial charge in [0.05, 0.1) is 12.3 Å². The highest BCUT2D eigenvalue weighted by Crippen LogP contribution is 2.28. The van der Waals surface area contributed by atoms with E-state index in [1.54, 1.807) is 4.90 Å². The van der Waals surface area contributed by atoms with Crippen LogP contribution in [-0.2, 0) is 9.59 Å². The molecule has 1 N–H and O–H groups in total. The standard InChI is InChI=1S/C16H22N2O3/c1-3-21-15-7-5-4-6-14(15)18(12(2)19)11-10-16(20)17-13-8-9-13/h4-7,13H,3,8-11H2,1-2H3,(H,17,20). The van der Waals surface area contributed by atoms with Crippen LogP contribution in [0, 0.1) is 0 Å². The second-order valence-corrected chi connectivity index (χ2v) is 5.16. The molecule has 0 aliphatic heterocycles. The maximum atomic E-state index is 11.9. The number of rotatable bonds is 7. The number of benzene rings is 1. The highest BCUT2D eigenvalue weighted by molar-refractivity contribution is 5.93. The molecule has 1 aliphatic carbocycles. The highest BCUT2D eigenvalue weighted by Gasteiger charge is 2.24. The van der Waals surface area contributed by atoms with Crippen molar-refractivity contribution in [2.75, 3.05) is 18.1 Å². The molecule has 0 aromatic heterocycles. The van der Waals surface area contributed by atoms with E-state index >= 15 is 0 Å². The Labute approximate surface area is 125 Å². The summed E-state index contributed by atoms with van der Waals surface area (Å²) in [6, 6.07) is 7.74. The van der Waals surface area contributed by atoms with Crippen molar-refractivity contribution in [3.05, 3.63) is 24.3 Å². The lowest BCUT2D eigenvalue weighted by Crippen LogP contribution is -2.34. The molecule has 0 saturated heterocycles. The third kappa shape index (κ3) is 4.48. The van der Waals surface area contributed by atoms with E-state index in [4.69, 9.17) is 4.74 Å². The van der Waals surface area contributed by atoms with Crippen molar-refractivity contribution in [1.29, 1.82) is 0 Å². The van der Waals surface area contributed by atoms with E-state index < -0.39 is 0 Å². The zero-order valence-electron chi connectivity index (χ0n) is 12.6. The number of carbonyl (C=O) groups excluding carboxylic acids is 2. The van der Waals surface area contributed by atoms with Gasteiger partial charge in [0.2, 0.25) is 11.8 Å². The fourth-order valence-electron chi connectivity index (χ4n) is 2.15. The van der Waals surface area contributed by atoms with Crippen LogP contribution in [0.25, 0.3) is 0 Å². The number of hydrogen-bond acceptors (Lipinski definition) is 3. The van der Waals surface area contributed by atoms with Gasteiger partial charge >= 0.3 is 0 Å². The molecule has 1 fully saturated rings. The Morgan fingerprint density at radius 3 is 2.67 bits per heavy atom. The zero-order valence-corrected chi connectivity index (χ0v) is 12.6. The third-order valence-corrected chi connectivity index (χ3v) is 3.34. The van der Waals surface area contributed by atoms with Crippen LogP contribution in [0.4, 0.5) is 5.69 Å². The molecule has 21 heavy (non-hydrogen) atoms. The van der Waals surface area contributed by atoms with E-state index in [9.17, 15) is 9.59 Å². The number of nitrogens with zero attached hydrogens (tertiary/aromatic N) is 1. The van der Waals surface area contributed by atoms with Crippen molar-refractivity contribution in [2.24, 2.45) is 0 Å². The Morgan fingerprint density at radius 2 is 2.05 bits per heavy atom. The first-order valence-corrected chi connectivity index (χ1v) is 7.41. The number of ether oxygens (including phenoxy) is 1. The van der Waals surface area contributed by atoms with E-state index in [0.717, 1.165) is 12.8 Å². The number of nitrogens with one attached hydrogen (secondary N) is 1. The summed E-state index contributed by atoms with van der Waals surface area (Å²) in [5.41, 5.74) is 0.714. The quantitative estimate of drug-likeness (QED) is 0.836. The number of hydrogen-bond donors (Lipinski definition) is 1. The van der Waals surface area contributed by atoms with E-state index in [-0.39, 0.29) is 11.8 Å². The maximum Gasteiger partial charge on any atom is 0.223 e. The van der Waals surface area contributed by atoms with Gasteiger partial charge in [0.1, 0.15) is 5.75 Å². The van der Waals surface area contributed by atoms with Gasteiger partial charge in [-0.15, -0.1) is 0 Å². The molecule has 0 bridgehead atoms. The summed E-state index contributed by atoms with van der Waals surface area (Å²) in [6.07, 6.45) is 2.43. The molecule has 1 aromatic rings. The van der Waals surface area contributed by atoms with Crippen LogP contribution in [0.5, 0.6) is 5.75 Å². The molecule has 0 spiro atoms. The van der Waals surface area contributed by atoms with Gasteiger partial charge in [-0.2, -0.15) is 0 Å². The summed E-state index contributed by atoms with van der Waals surface area (Å²) in [5.74, 6) is 0.566.